The number of hydrogen-bond donors (Lipinski definition) is 0. The highest BCUT2D eigenvalue weighted by Gasteiger charge is 2.23. The van der Waals surface area contributed by atoms with Crippen molar-refractivity contribution in [2.24, 2.45) is 0 Å². The fraction of sp³-hybridized carbons (Fsp3) is 0.375. The second-order valence-electron chi connectivity index (χ2n) is 8.18. The third-order valence-electron chi connectivity index (χ3n) is 6.16. The quantitative estimate of drug-likeness (QED) is 0.616. The zero-order valence-electron chi connectivity index (χ0n) is 17.9. The first kappa shape index (κ1) is 20.5. The van der Waals surface area contributed by atoms with E-state index < -0.39 is 0 Å². The number of halogens is 1. The Balaban J connectivity index is 1.14. The van der Waals surface area contributed by atoms with Crippen molar-refractivity contribution in [1.82, 2.24) is 19.7 Å². The number of carbonyl (C=O) groups is 1. The van der Waals surface area contributed by atoms with Crippen LogP contribution in [0.2, 0.25) is 0 Å². The SMILES string of the molecule is O=C(COc1ccc(-c2nnc3n2CCCC3)cc1)N1CCN(c2ccccc2F)CC1. The van der Waals surface area contributed by atoms with E-state index in [1.54, 1.807) is 17.0 Å². The molecule has 2 aromatic carbocycles. The van der Waals surface area contributed by atoms with Crippen molar-refractivity contribution < 1.29 is 13.9 Å². The van der Waals surface area contributed by atoms with Gasteiger partial charge in [-0.2, -0.15) is 0 Å². The molecule has 0 spiro atoms. The molecule has 166 valence electrons. The summed E-state index contributed by atoms with van der Waals surface area (Å²) in [7, 11) is 0. The smallest absolute Gasteiger partial charge is 0.260 e. The summed E-state index contributed by atoms with van der Waals surface area (Å²) < 4.78 is 21.9. The first-order chi connectivity index (χ1) is 15.7. The molecule has 32 heavy (non-hydrogen) atoms. The van der Waals surface area contributed by atoms with E-state index >= 15 is 0 Å². The number of aryl methyl sites for hydroxylation is 1. The van der Waals surface area contributed by atoms with Crippen LogP contribution in [0.1, 0.15) is 18.7 Å². The van der Waals surface area contributed by atoms with Gasteiger partial charge in [-0.25, -0.2) is 4.39 Å². The molecular weight excluding hydrogens is 409 g/mol. The highest BCUT2D eigenvalue weighted by Crippen LogP contribution is 2.25. The molecule has 0 bridgehead atoms. The molecule has 8 heteroatoms. The largest absolute Gasteiger partial charge is 0.484 e. The Kier molecular flexibility index (Phi) is 5.75. The van der Waals surface area contributed by atoms with Crippen molar-refractivity contribution in [1.29, 1.82) is 0 Å². The number of rotatable bonds is 5. The number of aromatic nitrogens is 3. The number of nitrogens with zero attached hydrogens (tertiary/aromatic N) is 5. The second kappa shape index (κ2) is 8.98. The number of anilines is 1. The van der Waals surface area contributed by atoms with Gasteiger partial charge in [0, 0.05) is 44.7 Å². The van der Waals surface area contributed by atoms with E-state index in [4.69, 9.17) is 4.74 Å². The van der Waals surface area contributed by atoms with Gasteiger partial charge in [-0.05, 0) is 49.2 Å². The Bertz CT molecular complexity index is 1090. The molecule has 0 aliphatic carbocycles. The first-order valence-electron chi connectivity index (χ1n) is 11.1. The predicted octanol–water partition coefficient (Wildman–Crippen LogP) is 3.15. The lowest BCUT2D eigenvalue weighted by molar-refractivity contribution is -0.133. The summed E-state index contributed by atoms with van der Waals surface area (Å²) in [5.41, 5.74) is 1.58. The molecule has 5 rings (SSSR count). The van der Waals surface area contributed by atoms with Crippen LogP contribution in [0.15, 0.2) is 48.5 Å². The molecule has 1 fully saturated rings. The van der Waals surface area contributed by atoms with Crippen molar-refractivity contribution in [2.75, 3.05) is 37.7 Å². The Morgan fingerprint density at radius 3 is 2.50 bits per heavy atom. The van der Waals surface area contributed by atoms with Gasteiger partial charge in [0.2, 0.25) is 0 Å². The molecule has 2 aliphatic rings. The highest BCUT2D eigenvalue weighted by molar-refractivity contribution is 5.78. The van der Waals surface area contributed by atoms with Gasteiger partial charge in [0.15, 0.2) is 12.4 Å². The molecule has 0 N–H and O–H groups in total. The Morgan fingerprint density at radius 2 is 1.72 bits per heavy atom. The standard InChI is InChI=1S/C24H26FN5O2/c25-20-5-1-2-6-21(20)28-13-15-29(16-14-28)23(31)17-32-19-10-8-18(9-11-19)24-27-26-22-7-3-4-12-30(22)24/h1-2,5-6,8-11H,3-4,7,12-17H2. The summed E-state index contributed by atoms with van der Waals surface area (Å²) in [6, 6.07) is 14.4. The monoisotopic (exact) mass is 435 g/mol. The lowest BCUT2D eigenvalue weighted by atomic mass is 10.1. The molecule has 0 radical (unpaired) electrons. The lowest BCUT2D eigenvalue weighted by Crippen LogP contribution is -2.50. The number of fused-ring (bicyclic) bond motifs is 1. The number of ether oxygens (including phenoxy) is 1. The molecular formula is C24H26FN5O2. The fourth-order valence-corrected chi connectivity index (χ4v) is 4.36. The number of hydrogen-bond acceptors (Lipinski definition) is 5. The van der Waals surface area contributed by atoms with Gasteiger partial charge in [-0.15, -0.1) is 10.2 Å². The third kappa shape index (κ3) is 4.17. The van der Waals surface area contributed by atoms with E-state index in [-0.39, 0.29) is 18.3 Å². The maximum Gasteiger partial charge on any atom is 0.260 e. The minimum Gasteiger partial charge on any atom is -0.484 e. The summed E-state index contributed by atoms with van der Waals surface area (Å²) in [6.45, 7) is 3.24. The summed E-state index contributed by atoms with van der Waals surface area (Å²) in [5, 5.41) is 8.65. The average molecular weight is 436 g/mol. The van der Waals surface area contributed by atoms with Crippen LogP contribution in [0.25, 0.3) is 11.4 Å². The van der Waals surface area contributed by atoms with Crippen LogP contribution < -0.4 is 9.64 Å². The predicted molar refractivity (Wildman–Crippen MR) is 119 cm³/mol. The number of amides is 1. The Labute approximate surface area is 186 Å². The summed E-state index contributed by atoms with van der Waals surface area (Å²) in [6.07, 6.45) is 3.29. The van der Waals surface area contributed by atoms with E-state index in [1.165, 1.54) is 6.07 Å². The molecule has 3 aromatic rings. The molecule has 0 atom stereocenters. The van der Waals surface area contributed by atoms with Gasteiger partial charge in [0.25, 0.3) is 5.91 Å². The summed E-state index contributed by atoms with van der Waals surface area (Å²) >= 11 is 0. The first-order valence-corrected chi connectivity index (χ1v) is 11.1. The molecule has 0 unspecified atom stereocenters. The van der Waals surface area contributed by atoms with E-state index in [2.05, 4.69) is 14.8 Å². The maximum atomic E-state index is 14.0. The van der Waals surface area contributed by atoms with Gasteiger partial charge in [-0.1, -0.05) is 12.1 Å². The van der Waals surface area contributed by atoms with Crippen molar-refractivity contribution >= 4 is 11.6 Å². The minimum absolute atomic E-state index is 0.0145. The number of piperazine rings is 1. The van der Waals surface area contributed by atoms with Gasteiger partial charge in [-0.3, -0.25) is 4.79 Å². The molecule has 1 saturated heterocycles. The Morgan fingerprint density at radius 1 is 0.938 bits per heavy atom. The lowest BCUT2D eigenvalue weighted by Gasteiger charge is -2.36. The summed E-state index contributed by atoms with van der Waals surface area (Å²) in [4.78, 5) is 16.3. The van der Waals surface area contributed by atoms with Crippen LogP contribution in [-0.2, 0) is 17.8 Å². The molecule has 1 aromatic heterocycles. The van der Waals surface area contributed by atoms with Crippen molar-refractivity contribution in [2.45, 2.75) is 25.8 Å². The van der Waals surface area contributed by atoms with Crippen LogP contribution in [0, 0.1) is 5.82 Å². The van der Waals surface area contributed by atoms with Crippen LogP contribution >= 0.6 is 0 Å². The Hall–Kier alpha value is -3.42. The summed E-state index contributed by atoms with van der Waals surface area (Å²) in [5.74, 6) is 2.28. The van der Waals surface area contributed by atoms with Gasteiger partial charge >= 0.3 is 0 Å². The normalized spacial score (nSPS) is 16.0. The van der Waals surface area contributed by atoms with Gasteiger partial charge < -0.3 is 19.1 Å². The van der Waals surface area contributed by atoms with Gasteiger partial charge in [0.1, 0.15) is 17.4 Å². The molecule has 2 aliphatic heterocycles. The van der Waals surface area contributed by atoms with Crippen molar-refractivity contribution in [3.05, 3.63) is 60.2 Å². The van der Waals surface area contributed by atoms with Crippen LogP contribution in [0.5, 0.6) is 5.75 Å². The molecule has 7 nitrogen and oxygen atoms in total. The zero-order chi connectivity index (χ0) is 21.9. The fourth-order valence-electron chi connectivity index (χ4n) is 4.36. The van der Waals surface area contributed by atoms with E-state index in [1.807, 2.05) is 35.2 Å². The molecule has 3 heterocycles. The maximum absolute atomic E-state index is 14.0. The van der Waals surface area contributed by atoms with E-state index in [0.29, 0.717) is 37.6 Å². The van der Waals surface area contributed by atoms with Crippen LogP contribution in [0.4, 0.5) is 10.1 Å². The van der Waals surface area contributed by atoms with E-state index in [9.17, 15) is 9.18 Å². The molecule has 0 saturated carbocycles. The number of benzene rings is 2. The van der Waals surface area contributed by atoms with Gasteiger partial charge in [0.05, 0.1) is 5.69 Å². The minimum atomic E-state index is -0.231. The van der Waals surface area contributed by atoms with Crippen molar-refractivity contribution in [3.63, 3.8) is 0 Å². The average Bonchev–Trinajstić information content (AvgIpc) is 3.28. The van der Waals surface area contributed by atoms with E-state index in [0.717, 1.165) is 43.0 Å². The van der Waals surface area contributed by atoms with Crippen LogP contribution in [0.3, 0.4) is 0 Å². The highest BCUT2D eigenvalue weighted by atomic mass is 19.1. The molecule has 1 amide bonds. The number of para-hydroxylation sites is 1. The number of carbonyl (C=O) groups excluding carboxylic acids is 1. The van der Waals surface area contributed by atoms with Crippen LogP contribution in [-0.4, -0.2) is 58.4 Å². The zero-order valence-corrected chi connectivity index (χ0v) is 17.9. The second-order valence-corrected chi connectivity index (χ2v) is 8.18. The van der Waals surface area contributed by atoms with Crippen molar-refractivity contribution in [3.8, 4) is 17.1 Å². The third-order valence-corrected chi connectivity index (χ3v) is 6.16. The topological polar surface area (TPSA) is 63.5 Å².